The second-order valence-electron chi connectivity index (χ2n) is 7.63. The third kappa shape index (κ3) is 1.86. The molecule has 30 heavy (non-hydrogen) atoms. The molecule has 4 aromatic carbocycles. The molecule has 6 heteroatoms. The molecule has 3 aliphatic heterocycles. The Hall–Kier alpha value is -2.33. The molecule has 0 atom stereocenters. The maximum absolute atomic E-state index is 6.43. The van der Waals surface area contributed by atoms with Crippen molar-refractivity contribution >= 4 is 68.0 Å². The number of nitrogens with zero attached hydrogens (tertiary/aromatic N) is 1. The van der Waals surface area contributed by atoms with Crippen LogP contribution in [0.1, 0.15) is 0 Å². The van der Waals surface area contributed by atoms with Gasteiger partial charge in [0.2, 0.25) is 0 Å². The molecule has 3 nitrogen and oxygen atoms in total. The minimum absolute atomic E-state index is 0.831. The van der Waals surface area contributed by atoms with Gasteiger partial charge in [-0.2, -0.15) is 0 Å². The van der Waals surface area contributed by atoms with E-state index in [-0.39, 0.29) is 0 Å². The molecule has 0 N–H and O–H groups in total. The van der Waals surface area contributed by atoms with Crippen LogP contribution in [0.5, 0.6) is 23.0 Å². The van der Waals surface area contributed by atoms with Crippen molar-refractivity contribution in [2.45, 2.75) is 0 Å². The fraction of sp³-hybridized carbons (Fsp3) is 0. The zero-order chi connectivity index (χ0) is 20.1. The van der Waals surface area contributed by atoms with Crippen molar-refractivity contribution < 1.29 is 9.47 Å². The van der Waals surface area contributed by atoms with Crippen molar-refractivity contribution in [3.8, 4) is 23.0 Å². The van der Waals surface area contributed by atoms with E-state index >= 15 is 0 Å². The second-order valence-corrected chi connectivity index (χ2v) is 22.2. The van der Waals surface area contributed by atoms with Gasteiger partial charge in [-0.1, -0.05) is 0 Å². The van der Waals surface area contributed by atoms with Gasteiger partial charge in [0.25, 0.3) is 0 Å². The van der Waals surface area contributed by atoms with E-state index in [1.165, 1.54) is 0 Å². The van der Waals surface area contributed by atoms with Gasteiger partial charge in [0.15, 0.2) is 0 Å². The van der Waals surface area contributed by atoms with Crippen LogP contribution in [0.15, 0.2) is 84.9 Å². The SMILES string of the molecule is BrP12(Br)c3c4cccc3Oc3cccc(c31)N(c1ccccc1)c1cccc(c12)O4. The number of anilines is 3. The first-order valence-corrected chi connectivity index (χ1v) is 15.9. The molecule has 4 aromatic rings. The number of ether oxygens (including phenoxy) is 2. The summed E-state index contributed by atoms with van der Waals surface area (Å²) < 4.78 is 9.70. The molecule has 7 rings (SSSR count). The molecule has 3 heterocycles. The van der Waals surface area contributed by atoms with Crippen LogP contribution in [0.3, 0.4) is 0 Å². The average Bonchev–Trinajstić information content (AvgIpc) is 2.74. The molecule has 0 aromatic heterocycles. The van der Waals surface area contributed by atoms with Gasteiger partial charge in [-0.3, -0.25) is 0 Å². The summed E-state index contributed by atoms with van der Waals surface area (Å²) in [5.74, 6) is 3.40. The molecule has 0 amide bonds. The van der Waals surface area contributed by atoms with Crippen LogP contribution in [0.25, 0.3) is 0 Å². The van der Waals surface area contributed by atoms with Gasteiger partial charge in [-0.05, 0) is 0 Å². The van der Waals surface area contributed by atoms with E-state index in [0.29, 0.717) is 0 Å². The summed E-state index contributed by atoms with van der Waals surface area (Å²) in [5, 5.41) is 3.36. The van der Waals surface area contributed by atoms with Gasteiger partial charge >= 0.3 is 190 Å². The van der Waals surface area contributed by atoms with E-state index in [2.05, 4.69) is 96.5 Å². The standard InChI is InChI=1S/C24H14Br2NO2P/c25-30(26)22-16-9-4-11-18(22)28-20-13-6-14-21(24(20)30)29-19-12-5-10-17(23(19)30)27(16)15-7-2-1-3-8-15/h1-14H. The van der Waals surface area contributed by atoms with Crippen LogP contribution < -0.4 is 30.3 Å². The van der Waals surface area contributed by atoms with Crippen molar-refractivity contribution in [3.63, 3.8) is 0 Å². The molecule has 3 aliphatic rings. The van der Waals surface area contributed by atoms with Gasteiger partial charge in [0, 0.05) is 0 Å². The quantitative estimate of drug-likeness (QED) is 0.212. The van der Waals surface area contributed by atoms with Gasteiger partial charge in [0.1, 0.15) is 0 Å². The number of benzene rings is 4. The first kappa shape index (κ1) is 17.4. The molecule has 0 bridgehead atoms. The number of hydrogen-bond donors (Lipinski definition) is 0. The zero-order valence-electron chi connectivity index (χ0n) is 15.5. The van der Waals surface area contributed by atoms with E-state index < -0.39 is 4.01 Å². The van der Waals surface area contributed by atoms with E-state index in [4.69, 9.17) is 9.47 Å². The number of para-hydroxylation sites is 1. The van der Waals surface area contributed by atoms with E-state index in [9.17, 15) is 0 Å². The Morgan fingerprint density at radius 3 is 1.53 bits per heavy atom. The van der Waals surface area contributed by atoms with Crippen LogP contribution in [0, 0.1) is 0 Å². The summed E-state index contributed by atoms with van der Waals surface area (Å²) in [6, 6.07) is 29.0. The summed E-state index contributed by atoms with van der Waals surface area (Å²) in [5.41, 5.74) is 3.32. The van der Waals surface area contributed by atoms with Crippen molar-refractivity contribution in [1.29, 1.82) is 0 Å². The fourth-order valence-electron chi connectivity index (χ4n) is 4.95. The third-order valence-electron chi connectivity index (χ3n) is 6.03. The molecular weight excluding hydrogens is 525 g/mol. The number of halogens is 2. The van der Waals surface area contributed by atoms with Crippen LogP contribution in [-0.4, -0.2) is 0 Å². The van der Waals surface area contributed by atoms with E-state index in [1.807, 2.05) is 24.3 Å². The topological polar surface area (TPSA) is 21.7 Å². The maximum atomic E-state index is 6.43. The van der Waals surface area contributed by atoms with Crippen molar-refractivity contribution in [3.05, 3.63) is 84.9 Å². The molecule has 0 saturated heterocycles. The summed E-state index contributed by atoms with van der Waals surface area (Å²) in [7, 11) is 0. The zero-order valence-corrected chi connectivity index (χ0v) is 19.6. The number of hydrogen-bond acceptors (Lipinski definition) is 3. The van der Waals surface area contributed by atoms with Gasteiger partial charge in [-0.15, -0.1) is 0 Å². The van der Waals surface area contributed by atoms with Gasteiger partial charge in [0.05, 0.1) is 0 Å². The second kappa shape index (κ2) is 5.47. The third-order valence-corrected chi connectivity index (χ3v) is 16.1. The van der Waals surface area contributed by atoms with Crippen molar-refractivity contribution in [1.82, 2.24) is 0 Å². The molecule has 0 aliphatic carbocycles. The Morgan fingerprint density at radius 1 is 0.533 bits per heavy atom. The van der Waals surface area contributed by atoms with E-state index in [0.717, 1.165) is 56.0 Å². The normalized spacial score (nSPS) is 18.9. The van der Waals surface area contributed by atoms with Crippen LogP contribution in [0.2, 0.25) is 0 Å². The molecular formula is C24H14Br2NO2P. The average molecular weight is 539 g/mol. The Morgan fingerprint density at radius 2 is 1.00 bits per heavy atom. The summed E-state index contributed by atoms with van der Waals surface area (Å²) in [6.07, 6.45) is 0. The molecule has 0 spiro atoms. The molecule has 0 radical (unpaired) electrons. The Bertz CT molecular complexity index is 1320. The van der Waals surface area contributed by atoms with Crippen LogP contribution >= 0.6 is 35.0 Å². The monoisotopic (exact) mass is 537 g/mol. The Balaban J connectivity index is 1.71. The van der Waals surface area contributed by atoms with Gasteiger partial charge < -0.3 is 0 Å². The van der Waals surface area contributed by atoms with Crippen LogP contribution in [0.4, 0.5) is 17.1 Å². The molecule has 146 valence electrons. The Labute approximate surface area is 189 Å². The fourth-order valence-corrected chi connectivity index (χ4v) is 15.2. The van der Waals surface area contributed by atoms with Crippen molar-refractivity contribution in [2.75, 3.05) is 4.90 Å². The first-order chi connectivity index (χ1) is 14.6. The summed E-state index contributed by atoms with van der Waals surface area (Å²) in [6.45, 7) is 0. The minimum atomic E-state index is -3.16. The summed E-state index contributed by atoms with van der Waals surface area (Å²) in [4.78, 5) is 2.30. The summed E-state index contributed by atoms with van der Waals surface area (Å²) >= 11 is 8.70. The van der Waals surface area contributed by atoms with Crippen LogP contribution in [-0.2, 0) is 0 Å². The predicted molar refractivity (Wildman–Crippen MR) is 131 cm³/mol. The predicted octanol–water partition coefficient (Wildman–Crippen LogP) is 7.13. The first-order valence-electron chi connectivity index (χ1n) is 9.64. The van der Waals surface area contributed by atoms with Crippen molar-refractivity contribution in [2.24, 2.45) is 0 Å². The number of rotatable bonds is 1. The molecule has 0 unspecified atom stereocenters. The van der Waals surface area contributed by atoms with E-state index in [1.54, 1.807) is 0 Å². The molecule has 0 saturated carbocycles. The molecule has 0 fully saturated rings. The van der Waals surface area contributed by atoms with Gasteiger partial charge in [-0.25, -0.2) is 0 Å². The Kier molecular flexibility index (Phi) is 3.17.